The molecule has 0 bridgehead atoms. The Kier molecular flexibility index (Phi) is 4.88. The number of amides is 1. The second-order valence-corrected chi connectivity index (χ2v) is 3.54. The van der Waals surface area contributed by atoms with Crippen LogP contribution in [0.25, 0.3) is 0 Å². The van der Waals surface area contributed by atoms with Crippen LogP contribution in [-0.2, 0) is 11.3 Å². The number of nitrogen functional groups attached to an aromatic ring is 1. The summed E-state index contributed by atoms with van der Waals surface area (Å²) in [5.41, 5.74) is 3.29. The Bertz CT molecular complexity index is 338. The first-order valence-electron chi connectivity index (χ1n) is 5.24. The summed E-state index contributed by atoms with van der Waals surface area (Å²) >= 11 is 0. The van der Waals surface area contributed by atoms with Crippen LogP contribution in [0.5, 0.6) is 0 Å². The number of rotatable bonds is 5. The number of carbonyl (C=O) groups is 1. The zero-order valence-corrected chi connectivity index (χ0v) is 9.56. The predicted octanol–water partition coefficient (Wildman–Crippen LogP) is 1.00. The van der Waals surface area contributed by atoms with Gasteiger partial charge in [-0.3, -0.25) is 15.2 Å². The standard InChI is InChI=1S/C11H17N3O2/c1-3-8(2)16-7-10-5-4-9(6-13-10)11(15)14-12/h4-6,8H,3,7,12H2,1-2H3,(H,14,15). The normalized spacial score (nSPS) is 12.2. The summed E-state index contributed by atoms with van der Waals surface area (Å²) in [6.07, 6.45) is 2.67. The van der Waals surface area contributed by atoms with Gasteiger partial charge < -0.3 is 4.74 Å². The smallest absolute Gasteiger partial charge is 0.266 e. The lowest BCUT2D eigenvalue weighted by atomic mass is 10.2. The summed E-state index contributed by atoms with van der Waals surface area (Å²) in [5.74, 6) is 4.66. The SMILES string of the molecule is CCC(C)OCc1ccc(C(=O)NN)cn1. The molecule has 1 rings (SSSR count). The first kappa shape index (κ1) is 12.6. The Balaban J connectivity index is 2.54. The molecule has 0 fully saturated rings. The van der Waals surface area contributed by atoms with Crippen molar-refractivity contribution in [1.82, 2.24) is 10.4 Å². The zero-order chi connectivity index (χ0) is 12.0. The third-order valence-electron chi connectivity index (χ3n) is 2.31. The molecule has 1 atom stereocenters. The van der Waals surface area contributed by atoms with Gasteiger partial charge in [-0.15, -0.1) is 0 Å². The lowest BCUT2D eigenvalue weighted by Crippen LogP contribution is -2.30. The Morgan fingerprint density at radius 3 is 2.88 bits per heavy atom. The van der Waals surface area contributed by atoms with Crippen LogP contribution in [-0.4, -0.2) is 17.0 Å². The largest absolute Gasteiger partial charge is 0.372 e. The van der Waals surface area contributed by atoms with E-state index in [1.807, 2.05) is 12.3 Å². The van der Waals surface area contributed by atoms with E-state index in [9.17, 15) is 4.79 Å². The minimum Gasteiger partial charge on any atom is -0.372 e. The van der Waals surface area contributed by atoms with Crippen molar-refractivity contribution in [2.45, 2.75) is 33.0 Å². The van der Waals surface area contributed by atoms with E-state index >= 15 is 0 Å². The van der Waals surface area contributed by atoms with E-state index in [4.69, 9.17) is 10.6 Å². The monoisotopic (exact) mass is 223 g/mol. The highest BCUT2D eigenvalue weighted by molar-refractivity contribution is 5.93. The highest BCUT2D eigenvalue weighted by Crippen LogP contribution is 2.04. The Hall–Kier alpha value is -1.46. The number of nitrogens with two attached hydrogens (primary N) is 1. The van der Waals surface area contributed by atoms with Crippen molar-refractivity contribution < 1.29 is 9.53 Å². The summed E-state index contributed by atoms with van der Waals surface area (Å²) < 4.78 is 5.52. The van der Waals surface area contributed by atoms with Crippen LogP contribution in [0.3, 0.4) is 0 Å². The highest BCUT2D eigenvalue weighted by atomic mass is 16.5. The van der Waals surface area contributed by atoms with Gasteiger partial charge in [0.1, 0.15) is 0 Å². The number of aromatic nitrogens is 1. The molecule has 0 aromatic carbocycles. The average Bonchev–Trinajstić information content (AvgIpc) is 2.35. The maximum Gasteiger partial charge on any atom is 0.266 e. The molecule has 1 heterocycles. The van der Waals surface area contributed by atoms with E-state index in [1.54, 1.807) is 12.1 Å². The van der Waals surface area contributed by atoms with E-state index in [0.29, 0.717) is 12.2 Å². The van der Waals surface area contributed by atoms with E-state index in [0.717, 1.165) is 12.1 Å². The average molecular weight is 223 g/mol. The number of hydrogen-bond acceptors (Lipinski definition) is 4. The minimum absolute atomic E-state index is 0.216. The number of ether oxygens (including phenoxy) is 1. The second kappa shape index (κ2) is 6.19. The molecule has 16 heavy (non-hydrogen) atoms. The van der Waals surface area contributed by atoms with Crippen molar-refractivity contribution in [2.24, 2.45) is 5.84 Å². The van der Waals surface area contributed by atoms with Gasteiger partial charge in [0.2, 0.25) is 0 Å². The third kappa shape index (κ3) is 3.60. The summed E-state index contributed by atoms with van der Waals surface area (Å²) in [6.45, 7) is 4.53. The quantitative estimate of drug-likeness (QED) is 0.443. The molecule has 88 valence electrons. The van der Waals surface area contributed by atoms with Gasteiger partial charge in [0.05, 0.1) is 24.0 Å². The van der Waals surface area contributed by atoms with Gasteiger partial charge in [0, 0.05) is 6.20 Å². The molecular weight excluding hydrogens is 206 g/mol. The Morgan fingerprint density at radius 1 is 1.62 bits per heavy atom. The highest BCUT2D eigenvalue weighted by Gasteiger charge is 2.04. The van der Waals surface area contributed by atoms with Crippen LogP contribution in [0.15, 0.2) is 18.3 Å². The molecule has 0 aliphatic carbocycles. The number of nitrogens with one attached hydrogen (secondary N) is 1. The second-order valence-electron chi connectivity index (χ2n) is 3.54. The van der Waals surface area contributed by atoms with Crippen molar-refractivity contribution in [3.63, 3.8) is 0 Å². The summed E-state index contributed by atoms with van der Waals surface area (Å²) in [4.78, 5) is 15.2. The molecule has 0 saturated carbocycles. The van der Waals surface area contributed by atoms with Crippen molar-refractivity contribution in [1.29, 1.82) is 0 Å². The first-order valence-corrected chi connectivity index (χ1v) is 5.24. The van der Waals surface area contributed by atoms with Gasteiger partial charge in [-0.05, 0) is 25.5 Å². The fourth-order valence-corrected chi connectivity index (χ4v) is 1.07. The molecule has 5 heteroatoms. The lowest BCUT2D eigenvalue weighted by Gasteiger charge is -2.09. The van der Waals surface area contributed by atoms with Crippen LogP contribution in [0.1, 0.15) is 36.3 Å². The van der Waals surface area contributed by atoms with Crippen molar-refractivity contribution in [3.05, 3.63) is 29.6 Å². The topological polar surface area (TPSA) is 77.2 Å². The minimum atomic E-state index is -0.345. The lowest BCUT2D eigenvalue weighted by molar-refractivity contribution is 0.0488. The van der Waals surface area contributed by atoms with Gasteiger partial charge in [-0.2, -0.15) is 0 Å². The van der Waals surface area contributed by atoms with Crippen molar-refractivity contribution in [2.75, 3.05) is 0 Å². The predicted molar refractivity (Wildman–Crippen MR) is 60.4 cm³/mol. The van der Waals surface area contributed by atoms with Crippen LogP contribution in [0.4, 0.5) is 0 Å². The number of hydrazine groups is 1. The van der Waals surface area contributed by atoms with Gasteiger partial charge in [-0.25, -0.2) is 5.84 Å². The summed E-state index contributed by atoms with van der Waals surface area (Å²) in [5, 5.41) is 0. The molecule has 1 aromatic heterocycles. The van der Waals surface area contributed by atoms with Gasteiger partial charge >= 0.3 is 0 Å². The van der Waals surface area contributed by atoms with Crippen LogP contribution in [0.2, 0.25) is 0 Å². The van der Waals surface area contributed by atoms with E-state index in [1.165, 1.54) is 6.20 Å². The van der Waals surface area contributed by atoms with Gasteiger partial charge in [-0.1, -0.05) is 6.92 Å². The maximum atomic E-state index is 11.1. The van der Waals surface area contributed by atoms with Crippen LogP contribution >= 0.6 is 0 Å². The summed E-state index contributed by atoms with van der Waals surface area (Å²) in [6, 6.07) is 3.43. The van der Waals surface area contributed by atoms with Gasteiger partial charge in [0.15, 0.2) is 0 Å². The Labute approximate surface area is 95.0 Å². The Morgan fingerprint density at radius 2 is 2.38 bits per heavy atom. The first-order chi connectivity index (χ1) is 7.67. The van der Waals surface area contributed by atoms with Crippen LogP contribution in [0, 0.1) is 0 Å². The van der Waals surface area contributed by atoms with Gasteiger partial charge in [0.25, 0.3) is 5.91 Å². The fraction of sp³-hybridized carbons (Fsp3) is 0.455. The van der Waals surface area contributed by atoms with Crippen molar-refractivity contribution in [3.8, 4) is 0 Å². The molecule has 1 aromatic rings. The van der Waals surface area contributed by atoms with E-state index in [2.05, 4.69) is 11.9 Å². The molecule has 0 radical (unpaired) electrons. The summed E-state index contributed by atoms with van der Waals surface area (Å²) in [7, 11) is 0. The van der Waals surface area contributed by atoms with E-state index < -0.39 is 0 Å². The molecule has 0 aliphatic rings. The third-order valence-corrected chi connectivity index (χ3v) is 2.31. The van der Waals surface area contributed by atoms with Crippen molar-refractivity contribution >= 4 is 5.91 Å². The molecule has 1 unspecified atom stereocenters. The zero-order valence-electron chi connectivity index (χ0n) is 9.56. The molecule has 0 aliphatic heterocycles. The molecule has 0 spiro atoms. The molecular formula is C11H17N3O2. The molecule has 5 nitrogen and oxygen atoms in total. The number of pyridine rings is 1. The molecule has 3 N–H and O–H groups in total. The molecule has 0 saturated heterocycles. The number of carbonyl (C=O) groups excluding carboxylic acids is 1. The van der Waals surface area contributed by atoms with E-state index in [-0.39, 0.29) is 12.0 Å². The fourth-order valence-electron chi connectivity index (χ4n) is 1.07. The number of hydrogen-bond donors (Lipinski definition) is 2. The van der Waals surface area contributed by atoms with Crippen LogP contribution < -0.4 is 11.3 Å². The number of nitrogens with zero attached hydrogens (tertiary/aromatic N) is 1. The maximum absolute atomic E-state index is 11.1. The molecule has 1 amide bonds.